The van der Waals surface area contributed by atoms with E-state index in [1.807, 2.05) is 6.92 Å². The summed E-state index contributed by atoms with van der Waals surface area (Å²) in [5.41, 5.74) is 1.41. The minimum Gasteiger partial charge on any atom is -0.207 e. The monoisotopic (exact) mass is 246 g/mol. The third kappa shape index (κ3) is 2.92. The third-order valence-corrected chi connectivity index (χ3v) is 2.46. The molecule has 1 aromatic carbocycles. The summed E-state index contributed by atoms with van der Waals surface area (Å²) in [6.45, 7) is 1.87. The Balaban J connectivity index is 3.03. The summed E-state index contributed by atoms with van der Waals surface area (Å²) in [6, 6.07) is 3.56. The second kappa shape index (κ2) is 4.51. The predicted octanol–water partition coefficient (Wildman–Crippen LogP) is 3.76. The van der Waals surface area contributed by atoms with Crippen LogP contribution in [0.2, 0.25) is 0 Å². The molecular formula is C10H9BrF2. The van der Waals surface area contributed by atoms with Crippen molar-refractivity contribution in [1.29, 1.82) is 0 Å². The van der Waals surface area contributed by atoms with E-state index >= 15 is 0 Å². The second-order valence-corrected chi connectivity index (χ2v) is 3.35. The van der Waals surface area contributed by atoms with Crippen LogP contribution in [0, 0.1) is 11.6 Å². The van der Waals surface area contributed by atoms with Crippen LogP contribution in [0.5, 0.6) is 0 Å². The minimum atomic E-state index is -0.550. The van der Waals surface area contributed by atoms with Gasteiger partial charge in [0.25, 0.3) is 0 Å². The highest BCUT2D eigenvalue weighted by molar-refractivity contribution is 9.09. The van der Waals surface area contributed by atoms with Crippen LogP contribution >= 0.6 is 15.9 Å². The molecular weight excluding hydrogens is 238 g/mol. The number of alkyl halides is 1. The molecule has 0 aliphatic carbocycles. The van der Waals surface area contributed by atoms with Gasteiger partial charge in [-0.3, -0.25) is 0 Å². The lowest BCUT2D eigenvalue weighted by molar-refractivity contribution is 0.581. The van der Waals surface area contributed by atoms with Crippen molar-refractivity contribution < 1.29 is 8.78 Å². The Bertz CT molecular complexity index is 332. The van der Waals surface area contributed by atoms with Crippen molar-refractivity contribution in [1.82, 2.24) is 0 Å². The van der Waals surface area contributed by atoms with Crippen LogP contribution in [0.4, 0.5) is 8.78 Å². The van der Waals surface area contributed by atoms with Gasteiger partial charge < -0.3 is 0 Å². The fraction of sp³-hybridized carbons (Fsp3) is 0.200. The minimum absolute atomic E-state index is 0.415. The molecule has 0 fully saturated rings. The molecule has 0 aliphatic rings. The van der Waals surface area contributed by atoms with Crippen molar-refractivity contribution in [2.75, 3.05) is 5.33 Å². The highest BCUT2D eigenvalue weighted by atomic mass is 79.9. The van der Waals surface area contributed by atoms with Crippen molar-refractivity contribution in [3.05, 3.63) is 41.0 Å². The van der Waals surface area contributed by atoms with E-state index in [2.05, 4.69) is 15.9 Å². The van der Waals surface area contributed by atoms with Crippen molar-refractivity contribution >= 4 is 22.0 Å². The third-order valence-electron chi connectivity index (χ3n) is 1.58. The first-order chi connectivity index (χ1) is 6.13. The Labute approximate surface area is 84.4 Å². The molecule has 0 radical (unpaired) electrons. The number of rotatable bonds is 2. The molecule has 0 saturated carbocycles. The summed E-state index contributed by atoms with van der Waals surface area (Å²) in [4.78, 5) is 0. The highest BCUT2D eigenvalue weighted by Gasteiger charge is 2.00. The largest absolute Gasteiger partial charge is 0.207 e. The molecule has 3 heteroatoms. The van der Waals surface area contributed by atoms with Crippen molar-refractivity contribution in [3.63, 3.8) is 0 Å². The molecule has 0 N–H and O–H groups in total. The molecule has 0 unspecified atom stereocenters. The van der Waals surface area contributed by atoms with E-state index in [0.29, 0.717) is 10.9 Å². The molecule has 0 heterocycles. The van der Waals surface area contributed by atoms with Crippen LogP contribution in [0.15, 0.2) is 23.8 Å². The Hall–Kier alpha value is -0.700. The normalized spacial score (nSPS) is 11.8. The van der Waals surface area contributed by atoms with Crippen molar-refractivity contribution in [3.8, 4) is 0 Å². The first kappa shape index (κ1) is 10.4. The molecule has 0 saturated heterocycles. The number of hydrogen-bond acceptors (Lipinski definition) is 0. The lowest BCUT2D eigenvalue weighted by Gasteiger charge is -1.98. The number of halogens is 3. The Morgan fingerprint density at radius 2 is 2.15 bits per heavy atom. The average Bonchev–Trinajstić information content (AvgIpc) is 2.09. The van der Waals surface area contributed by atoms with Gasteiger partial charge >= 0.3 is 0 Å². The zero-order valence-electron chi connectivity index (χ0n) is 7.15. The smallest absolute Gasteiger partial charge is 0.133 e. The zero-order valence-corrected chi connectivity index (χ0v) is 8.74. The molecule has 0 nitrogen and oxygen atoms in total. The molecule has 1 rings (SSSR count). The standard InChI is InChI=1S/C10H9BrF2/c1-7(6-11)4-8-2-3-9(12)5-10(8)13/h2-5H,6H2,1H3/b7-4-. The number of allylic oxidation sites excluding steroid dienone is 1. The van der Waals surface area contributed by atoms with E-state index < -0.39 is 11.6 Å². The fourth-order valence-electron chi connectivity index (χ4n) is 0.923. The summed E-state index contributed by atoms with van der Waals surface area (Å²) >= 11 is 3.25. The summed E-state index contributed by atoms with van der Waals surface area (Å²) in [6.07, 6.45) is 1.68. The van der Waals surface area contributed by atoms with E-state index in [9.17, 15) is 8.78 Å². The van der Waals surface area contributed by atoms with Crippen LogP contribution in [-0.2, 0) is 0 Å². The van der Waals surface area contributed by atoms with Crippen LogP contribution in [0.25, 0.3) is 6.08 Å². The van der Waals surface area contributed by atoms with E-state index in [1.165, 1.54) is 12.1 Å². The van der Waals surface area contributed by atoms with Gasteiger partial charge in [-0.1, -0.05) is 27.6 Å². The maximum Gasteiger partial charge on any atom is 0.133 e. The van der Waals surface area contributed by atoms with E-state index in [-0.39, 0.29) is 0 Å². The lowest BCUT2D eigenvalue weighted by atomic mass is 10.1. The Morgan fingerprint density at radius 1 is 1.46 bits per heavy atom. The molecule has 0 aliphatic heterocycles. The fourth-order valence-corrected chi connectivity index (χ4v) is 1.08. The maximum atomic E-state index is 13.0. The molecule has 0 bridgehead atoms. The van der Waals surface area contributed by atoms with Crippen LogP contribution < -0.4 is 0 Å². The van der Waals surface area contributed by atoms with E-state index in [4.69, 9.17) is 0 Å². The summed E-state index contributed by atoms with van der Waals surface area (Å²) < 4.78 is 25.5. The summed E-state index contributed by atoms with van der Waals surface area (Å²) in [5, 5.41) is 0.684. The molecule has 70 valence electrons. The van der Waals surface area contributed by atoms with Crippen LogP contribution in [0.3, 0.4) is 0 Å². The zero-order chi connectivity index (χ0) is 9.84. The first-order valence-electron chi connectivity index (χ1n) is 3.81. The predicted molar refractivity (Wildman–Crippen MR) is 53.8 cm³/mol. The van der Waals surface area contributed by atoms with Gasteiger partial charge in [0.2, 0.25) is 0 Å². The second-order valence-electron chi connectivity index (χ2n) is 2.79. The van der Waals surface area contributed by atoms with Gasteiger partial charge in [-0.05, 0) is 19.1 Å². The SMILES string of the molecule is C/C(=C/c1ccc(F)cc1F)CBr. The molecule has 0 aromatic heterocycles. The van der Waals surface area contributed by atoms with Crippen LogP contribution in [0.1, 0.15) is 12.5 Å². The van der Waals surface area contributed by atoms with Crippen molar-refractivity contribution in [2.24, 2.45) is 0 Å². The van der Waals surface area contributed by atoms with E-state index in [1.54, 1.807) is 6.08 Å². The average molecular weight is 247 g/mol. The van der Waals surface area contributed by atoms with Gasteiger partial charge in [-0.25, -0.2) is 8.78 Å². The van der Waals surface area contributed by atoms with Crippen LogP contribution in [-0.4, -0.2) is 5.33 Å². The molecule has 1 aromatic rings. The highest BCUT2D eigenvalue weighted by Crippen LogP contribution is 2.13. The van der Waals surface area contributed by atoms with Gasteiger partial charge in [-0.2, -0.15) is 0 Å². The molecule has 13 heavy (non-hydrogen) atoms. The number of benzene rings is 1. The van der Waals surface area contributed by atoms with Crippen molar-refractivity contribution in [2.45, 2.75) is 6.92 Å². The Kier molecular flexibility index (Phi) is 3.60. The van der Waals surface area contributed by atoms with Gasteiger partial charge in [0.05, 0.1) is 0 Å². The quantitative estimate of drug-likeness (QED) is 0.698. The first-order valence-corrected chi connectivity index (χ1v) is 4.94. The summed E-state index contributed by atoms with van der Waals surface area (Å²) in [5.74, 6) is -1.08. The van der Waals surface area contributed by atoms with Gasteiger partial charge in [0, 0.05) is 17.0 Å². The molecule has 0 spiro atoms. The summed E-state index contributed by atoms with van der Waals surface area (Å²) in [7, 11) is 0. The molecule has 0 atom stereocenters. The molecule has 0 amide bonds. The van der Waals surface area contributed by atoms with Gasteiger partial charge in [-0.15, -0.1) is 0 Å². The van der Waals surface area contributed by atoms with Gasteiger partial charge in [0.15, 0.2) is 0 Å². The van der Waals surface area contributed by atoms with E-state index in [0.717, 1.165) is 11.6 Å². The number of hydrogen-bond donors (Lipinski definition) is 0. The van der Waals surface area contributed by atoms with Gasteiger partial charge in [0.1, 0.15) is 11.6 Å². The lowest BCUT2D eigenvalue weighted by Crippen LogP contribution is -1.85. The Morgan fingerprint density at radius 3 is 2.69 bits per heavy atom. The maximum absolute atomic E-state index is 13.0. The topological polar surface area (TPSA) is 0 Å².